The number of hydrogen-bond donors (Lipinski definition) is 0. The van der Waals surface area contributed by atoms with E-state index in [0.29, 0.717) is 24.3 Å². The van der Waals surface area contributed by atoms with E-state index in [9.17, 15) is 4.79 Å². The van der Waals surface area contributed by atoms with Gasteiger partial charge in [-0.1, -0.05) is 72.3 Å². The average molecular weight is 421 g/mol. The molecular formula is C23H21ClN4O2. The standard InChI is InChI=1S/C23H21ClN4O2/c1-2-30-23(29)19-14-25-28-21(13-20(24)26-22(19)28)27(15-17-9-5-3-6-10-17)16-18-11-7-4-8-12-18/h3-14H,2,15-16H2,1H3. The quantitative estimate of drug-likeness (QED) is 0.318. The molecule has 0 saturated heterocycles. The Labute approximate surface area is 179 Å². The number of benzene rings is 2. The van der Waals surface area contributed by atoms with Gasteiger partial charge in [0.1, 0.15) is 16.5 Å². The van der Waals surface area contributed by atoms with Crippen molar-refractivity contribution in [2.45, 2.75) is 20.0 Å². The summed E-state index contributed by atoms with van der Waals surface area (Å²) >= 11 is 6.35. The van der Waals surface area contributed by atoms with E-state index in [-0.39, 0.29) is 11.8 Å². The zero-order chi connectivity index (χ0) is 20.9. The van der Waals surface area contributed by atoms with E-state index in [2.05, 4.69) is 39.2 Å². The molecule has 2 aromatic heterocycles. The summed E-state index contributed by atoms with van der Waals surface area (Å²) in [4.78, 5) is 18.8. The number of carbonyl (C=O) groups is 1. The number of aromatic nitrogens is 3. The maximum Gasteiger partial charge on any atom is 0.343 e. The van der Waals surface area contributed by atoms with Gasteiger partial charge in [-0.15, -0.1) is 0 Å². The topological polar surface area (TPSA) is 59.7 Å². The molecular weight excluding hydrogens is 400 g/mol. The SMILES string of the molecule is CCOC(=O)c1cnn2c(N(Cc3ccccc3)Cc3ccccc3)cc(Cl)nc12. The molecule has 0 radical (unpaired) electrons. The van der Waals surface area contributed by atoms with E-state index < -0.39 is 5.97 Å². The zero-order valence-electron chi connectivity index (χ0n) is 16.5. The Bertz CT molecular complexity index is 1100. The maximum atomic E-state index is 12.3. The highest BCUT2D eigenvalue weighted by atomic mass is 35.5. The van der Waals surface area contributed by atoms with Crippen LogP contribution < -0.4 is 4.90 Å². The molecule has 0 spiro atoms. The predicted octanol–water partition coefficient (Wildman–Crippen LogP) is 4.77. The van der Waals surface area contributed by atoms with Gasteiger partial charge in [-0.2, -0.15) is 9.61 Å². The van der Waals surface area contributed by atoms with Crippen LogP contribution >= 0.6 is 11.6 Å². The van der Waals surface area contributed by atoms with Crippen LogP contribution in [0.5, 0.6) is 0 Å². The average Bonchev–Trinajstić information content (AvgIpc) is 3.18. The number of halogens is 1. The Hall–Kier alpha value is -3.38. The van der Waals surface area contributed by atoms with Crippen LogP contribution in [0, 0.1) is 0 Å². The van der Waals surface area contributed by atoms with Gasteiger partial charge in [0, 0.05) is 19.2 Å². The van der Waals surface area contributed by atoms with E-state index >= 15 is 0 Å². The molecule has 7 heteroatoms. The Morgan fingerprint density at radius 1 is 1.03 bits per heavy atom. The van der Waals surface area contributed by atoms with E-state index in [1.807, 2.05) is 36.4 Å². The number of anilines is 1. The molecule has 0 fully saturated rings. The molecule has 152 valence electrons. The number of esters is 1. The second kappa shape index (κ2) is 8.97. The number of ether oxygens (including phenoxy) is 1. The van der Waals surface area contributed by atoms with Gasteiger partial charge in [0.2, 0.25) is 0 Å². The van der Waals surface area contributed by atoms with E-state index in [1.165, 1.54) is 6.20 Å². The molecule has 0 saturated carbocycles. The number of hydrogen-bond acceptors (Lipinski definition) is 5. The first-order chi connectivity index (χ1) is 14.7. The molecule has 0 aliphatic heterocycles. The molecule has 0 aliphatic rings. The Morgan fingerprint density at radius 2 is 1.63 bits per heavy atom. The smallest absolute Gasteiger partial charge is 0.343 e. The van der Waals surface area contributed by atoms with Crippen molar-refractivity contribution in [2.75, 3.05) is 11.5 Å². The molecule has 2 aromatic carbocycles. The highest BCUT2D eigenvalue weighted by Gasteiger charge is 2.21. The van der Waals surface area contributed by atoms with Crippen molar-refractivity contribution >= 4 is 29.0 Å². The van der Waals surface area contributed by atoms with E-state index in [0.717, 1.165) is 16.9 Å². The van der Waals surface area contributed by atoms with E-state index in [4.69, 9.17) is 16.3 Å². The zero-order valence-corrected chi connectivity index (χ0v) is 17.3. The third kappa shape index (κ3) is 4.28. The Balaban J connectivity index is 1.80. The van der Waals surface area contributed by atoms with Crippen LogP contribution in [-0.2, 0) is 17.8 Å². The molecule has 0 atom stereocenters. The summed E-state index contributed by atoms with van der Waals surface area (Å²) in [5.74, 6) is 0.277. The number of nitrogens with zero attached hydrogens (tertiary/aromatic N) is 4. The lowest BCUT2D eigenvalue weighted by Gasteiger charge is -2.25. The first-order valence-electron chi connectivity index (χ1n) is 9.70. The van der Waals surface area contributed by atoms with Crippen LogP contribution in [0.3, 0.4) is 0 Å². The van der Waals surface area contributed by atoms with Gasteiger partial charge in [-0.3, -0.25) is 0 Å². The fraction of sp³-hybridized carbons (Fsp3) is 0.174. The van der Waals surface area contributed by atoms with E-state index in [1.54, 1.807) is 17.5 Å². The summed E-state index contributed by atoms with van der Waals surface area (Å²) < 4.78 is 6.78. The van der Waals surface area contributed by atoms with Crippen molar-refractivity contribution < 1.29 is 9.53 Å². The molecule has 0 unspecified atom stereocenters. The number of carbonyl (C=O) groups excluding carboxylic acids is 1. The van der Waals surface area contributed by atoms with Crippen molar-refractivity contribution in [1.82, 2.24) is 14.6 Å². The highest BCUT2D eigenvalue weighted by Crippen LogP contribution is 2.25. The molecule has 4 rings (SSSR count). The van der Waals surface area contributed by atoms with Crippen LogP contribution in [0.15, 0.2) is 72.9 Å². The second-order valence-electron chi connectivity index (χ2n) is 6.78. The molecule has 4 aromatic rings. The summed E-state index contributed by atoms with van der Waals surface area (Å²) in [6.45, 7) is 3.31. The van der Waals surface area contributed by atoms with Gasteiger partial charge in [-0.25, -0.2) is 9.78 Å². The molecule has 2 heterocycles. The van der Waals surface area contributed by atoms with Crippen LogP contribution in [0.2, 0.25) is 5.15 Å². The third-order valence-corrected chi connectivity index (χ3v) is 4.87. The lowest BCUT2D eigenvalue weighted by atomic mass is 10.1. The summed E-state index contributed by atoms with van der Waals surface area (Å²) in [5, 5.41) is 4.71. The fourth-order valence-electron chi connectivity index (χ4n) is 3.32. The van der Waals surface area contributed by atoms with Gasteiger partial charge in [-0.05, 0) is 18.1 Å². The van der Waals surface area contributed by atoms with Crippen LogP contribution in [0.25, 0.3) is 5.65 Å². The number of fused-ring (bicyclic) bond motifs is 1. The predicted molar refractivity (Wildman–Crippen MR) is 117 cm³/mol. The van der Waals surface area contributed by atoms with Gasteiger partial charge in [0.25, 0.3) is 0 Å². The van der Waals surface area contributed by atoms with Gasteiger partial charge >= 0.3 is 5.97 Å². The van der Waals surface area contributed by atoms with Crippen molar-refractivity contribution in [3.8, 4) is 0 Å². The van der Waals surface area contributed by atoms with Gasteiger partial charge in [0.05, 0.1) is 12.8 Å². The maximum absolute atomic E-state index is 12.3. The van der Waals surface area contributed by atoms with Crippen LogP contribution in [0.4, 0.5) is 5.82 Å². The monoisotopic (exact) mass is 420 g/mol. The van der Waals surface area contributed by atoms with Crippen LogP contribution in [-0.4, -0.2) is 27.2 Å². The lowest BCUT2D eigenvalue weighted by molar-refractivity contribution is 0.0528. The Kier molecular flexibility index (Phi) is 5.95. The molecule has 6 nitrogen and oxygen atoms in total. The summed E-state index contributed by atoms with van der Waals surface area (Å²) in [7, 11) is 0. The minimum atomic E-state index is -0.467. The molecule has 0 bridgehead atoms. The second-order valence-corrected chi connectivity index (χ2v) is 7.17. The van der Waals surface area contributed by atoms with Crippen molar-refractivity contribution in [3.63, 3.8) is 0 Å². The highest BCUT2D eigenvalue weighted by molar-refractivity contribution is 6.29. The lowest BCUT2D eigenvalue weighted by Crippen LogP contribution is -2.25. The number of rotatable bonds is 7. The minimum Gasteiger partial charge on any atom is -0.462 e. The summed E-state index contributed by atoms with van der Waals surface area (Å²) in [6, 6.07) is 22.1. The molecule has 0 N–H and O–H groups in total. The molecule has 0 aliphatic carbocycles. The third-order valence-electron chi connectivity index (χ3n) is 4.67. The normalized spacial score (nSPS) is 10.9. The first-order valence-corrected chi connectivity index (χ1v) is 10.1. The summed E-state index contributed by atoms with van der Waals surface area (Å²) in [5.41, 5.74) is 2.96. The molecule has 30 heavy (non-hydrogen) atoms. The summed E-state index contributed by atoms with van der Waals surface area (Å²) in [6.07, 6.45) is 1.48. The first kappa shape index (κ1) is 19.9. The fourth-order valence-corrected chi connectivity index (χ4v) is 3.50. The van der Waals surface area contributed by atoms with Crippen molar-refractivity contribution in [3.05, 3.63) is 94.8 Å². The Morgan fingerprint density at radius 3 is 2.20 bits per heavy atom. The van der Waals surface area contributed by atoms with Crippen LogP contribution in [0.1, 0.15) is 28.4 Å². The largest absolute Gasteiger partial charge is 0.462 e. The van der Waals surface area contributed by atoms with Gasteiger partial charge < -0.3 is 9.64 Å². The minimum absolute atomic E-state index is 0.276. The van der Waals surface area contributed by atoms with Crippen molar-refractivity contribution in [1.29, 1.82) is 0 Å². The van der Waals surface area contributed by atoms with Crippen molar-refractivity contribution in [2.24, 2.45) is 0 Å². The molecule has 0 amide bonds. The van der Waals surface area contributed by atoms with Gasteiger partial charge in [0.15, 0.2) is 5.65 Å².